The van der Waals surface area contributed by atoms with Crippen molar-refractivity contribution in [3.63, 3.8) is 0 Å². The van der Waals surface area contributed by atoms with Crippen molar-refractivity contribution in [3.05, 3.63) is 47.7 Å². The second kappa shape index (κ2) is 7.37. The van der Waals surface area contributed by atoms with E-state index in [-0.39, 0.29) is 11.8 Å². The molecule has 0 radical (unpaired) electrons. The Morgan fingerprint density at radius 2 is 2.17 bits per heavy atom. The van der Waals surface area contributed by atoms with Gasteiger partial charge in [-0.15, -0.1) is 0 Å². The van der Waals surface area contributed by atoms with Crippen molar-refractivity contribution in [3.8, 4) is 5.88 Å². The fourth-order valence-electron chi connectivity index (χ4n) is 2.15. The molecule has 1 amide bonds. The number of nitrogens with zero attached hydrogens (tertiary/aromatic N) is 2. The van der Waals surface area contributed by atoms with E-state index in [1.807, 2.05) is 25.1 Å². The maximum absolute atomic E-state index is 12.5. The molecule has 0 atom stereocenters. The Hall–Kier alpha value is -2.51. The Balaban J connectivity index is 1.78. The zero-order valence-corrected chi connectivity index (χ0v) is 14.2. The fraction of sp³-hybridized carbons (Fsp3) is 0.235. The zero-order valence-electron chi connectivity index (χ0n) is 13.4. The SMILES string of the molecule is COCCOc1ncccc1C(=O)Nc1nc2ccc(C)cc2s1. The smallest absolute Gasteiger partial charge is 0.262 e. The van der Waals surface area contributed by atoms with Gasteiger partial charge in [-0.3, -0.25) is 10.1 Å². The van der Waals surface area contributed by atoms with Gasteiger partial charge in [-0.25, -0.2) is 9.97 Å². The molecule has 0 bridgehead atoms. The van der Waals surface area contributed by atoms with Gasteiger partial charge in [0.15, 0.2) is 5.13 Å². The highest BCUT2D eigenvalue weighted by molar-refractivity contribution is 7.22. The molecule has 0 saturated carbocycles. The van der Waals surface area contributed by atoms with E-state index in [4.69, 9.17) is 9.47 Å². The molecule has 24 heavy (non-hydrogen) atoms. The van der Waals surface area contributed by atoms with Crippen LogP contribution in [-0.2, 0) is 4.74 Å². The summed E-state index contributed by atoms with van der Waals surface area (Å²) in [6.07, 6.45) is 1.58. The topological polar surface area (TPSA) is 73.3 Å². The van der Waals surface area contributed by atoms with Crippen LogP contribution in [0.2, 0.25) is 0 Å². The van der Waals surface area contributed by atoms with Gasteiger partial charge in [0.05, 0.1) is 16.8 Å². The van der Waals surface area contributed by atoms with E-state index in [1.165, 1.54) is 11.3 Å². The molecule has 124 valence electrons. The summed E-state index contributed by atoms with van der Waals surface area (Å²) in [5.74, 6) is -0.0182. The van der Waals surface area contributed by atoms with E-state index in [1.54, 1.807) is 25.4 Å². The van der Waals surface area contributed by atoms with Gasteiger partial charge >= 0.3 is 0 Å². The third-order valence-corrected chi connectivity index (χ3v) is 4.24. The fourth-order valence-corrected chi connectivity index (χ4v) is 3.11. The first-order valence-corrected chi connectivity index (χ1v) is 8.24. The van der Waals surface area contributed by atoms with Crippen LogP contribution in [0.15, 0.2) is 36.5 Å². The van der Waals surface area contributed by atoms with Gasteiger partial charge in [-0.2, -0.15) is 0 Å². The third-order valence-electron chi connectivity index (χ3n) is 3.31. The number of hydrogen-bond donors (Lipinski definition) is 1. The first-order chi connectivity index (χ1) is 11.7. The maximum Gasteiger partial charge on any atom is 0.262 e. The second-order valence-electron chi connectivity index (χ2n) is 5.14. The third kappa shape index (κ3) is 3.69. The number of methoxy groups -OCH3 is 1. The molecule has 3 aromatic rings. The number of carbonyl (C=O) groups excluding carboxylic acids is 1. The minimum Gasteiger partial charge on any atom is -0.475 e. The number of amides is 1. The maximum atomic E-state index is 12.5. The zero-order chi connectivity index (χ0) is 16.9. The number of nitrogens with one attached hydrogen (secondary N) is 1. The summed E-state index contributed by atoms with van der Waals surface area (Å²) in [6.45, 7) is 2.78. The van der Waals surface area contributed by atoms with Gasteiger partial charge in [0.1, 0.15) is 12.2 Å². The molecule has 0 aliphatic carbocycles. The minimum absolute atomic E-state index is 0.281. The molecule has 7 heteroatoms. The predicted octanol–water partition coefficient (Wildman–Crippen LogP) is 3.28. The lowest BCUT2D eigenvalue weighted by molar-refractivity contribution is 0.101. The number of aryl methyl sites for hydroxylation is 1. The molecule has 0 saturated heterocycles. The summed E-state index contributed by atoms with van der Waals surface area (Å²) in [5, 5.41) is 3.36. The van der Waals surface area contributed by atoms with E-state index >= 15 is 0 Å². The standard InChI is InChI=1S/C17H17N3O3S/c1-11-5-6-13-14(10-11)24-17(19-13)20-15(21)12-4-3-7-18-16(12)23-9-8-22-2/h3-7,10H,8-9H2,1-2H3,(H,19,20,21). The Kier molecular flexibility index (Phi) is 5.02. The molecule has 2 aromatic heterocycles. The number of rotatable bonds is 6. The number of thiazole rings is 1. The van der Waals surface area contributed by atoms with Gasteiger partial charge in [-0.1, -0.05) is 17.4 Å². The summed E-state index contributed by atoms with van der Waals surface area (Å²) in [5.41, 5.74) is 2.39. The highest BCUT2D eigenvalue weighted by Gasteiger charge is 2.15. The van der Waals surface area contributed by atoms with Crippen LogP contribution in [0.4, 0.5) is 5.13 Å². The normalized spacial score (nSPS) is 10.8. The van der Waals surface area contributed by atoms with Crippen molar-refractivity contribution < 1.29 is 14.3 Å². The van der Waals surface area contributed by atoms with Gasteiger partial charge in [0, 0.05) is 13.3 Å². The van der Waals surface area contributed by atoms with E-state index in [0.29, 0.717) is 23.9 Å². The number of fused-ring (bicyclic) bond motifs is 1. The first kappa shape index (κ1) is 16.4. The van der Waals surface area contributed by atoms with Crippen molar-refractivity contribution in [1.82, 2.24) is 9.97 Å². The number of ether oxygens (including phenoxy) is 2. The monoisotopic (exact) mass is 343 g/mol. The number of benzene rings is 1. The summed E-state index contributed by atoms with van der Waals surface area (Å²) < 4.78 is 11.5. The van der Waals surface area contributed by atoms with Crippen LogP contribution >= 0.6 is 11.3 Å². The van der Waals surface area contributed by atoms with Crippen LogP contribution in [0.3, 0.4) is 0 Å². The van der Waals surface area contributed by atoms with Crippen molar-refractivity contribution in [2.24, 2.45) is 0 Å². The molecule has 0 unspecified atom stereocenters. The van der Waals surface area contributed by atoms with Crippen LogP contribution in [0.5, 0.6) is 5.88 Å². The van der Waals surface area contributed by atoms with Crippen LogP contribution in [-0.4, -0.2) is 36.2 Å². The van der Waals surface area contributed by atoms with Gasteiger partial charge in [0.25, 0.3) is 5.91 Å². The Labute approximate surface area is 143 Å². The quantitative estimate of drug-likeness (QED) is 0.695. The Morgan fingerprint density at radius 3 is 3.00 bits per heavy atom. The van der Waals surface area contributed by atoms with Gasteiger partial charge < -0.3 is 9.47 Å². The van der Waals surface area contributed by atoms with Crippen LogP contribution in [0.25, 0.3) is 10.2 Å². The van der Waals surface area contributed by atoms with Gasteiger partial charge in [0.2, 0.25) is 5.88 Å². The largest absolute Gasteiger partial charge is 0.475 e. The minimum atomic E-state index is -0.300. The number of hydrogen-bond acceptors (Lipinski definition) is 6. The molecule has 1 aromatic carbocycles. The van der Waals surface area contributed by atoms with Crippen molar-refractivity contribution in [2.75, 3.05) is 25.6 Å². The lowest BCUT2D eigenvalue weighted by Crippen LogP contribution is -2.15. The van der Waals surface area contributed by atoms with E-state index in [9.17, 15) is 4.79 Å². The number of aromatic nitrogens is 2. The number of carbonyl (C=O) groups is 1. The molecule has 1 N–H and O–H groups in total. The van der Waals surface area contributed by atoms with E-state index in [0.717, 1.165) is 15.8 Å². The van der Waals surface area contributed by atoms with Gasteiger partial charge in [-0.05, 0) is 36.8 Å². The predicted molar refractivity (Wildman–Crippen MR) is 93.9 cm³/mol. The Bertz CT molecular complexity index is 863. The molecular formula is C17H17N3O3S. The number of pyridine rings is 1. The number of anilines is 1. The molecule has 6 nitrogen and oxygen atoms in total. The average Bonchev–Trinajstić information content (AvgIpc) is 2.96. The lowest BCUT2D eigenvalue weighted by Gasteiger charge is -2.09. The van der Waals surface area contributed by atoms with E-state index in [2.05, 4.69) is 15.3 Å². The molecular weight excluding hydrogens is 326 g/mol. The van der Waals surface area contributed by atoms with Crippen molar-refractivity contribution in [2.45, 2.75) is 6.92 Å². The summed E-state index contributed by atoms with van der Waals surface area (Å²) >= 11 is 1.44. The molecule has 3 rings (SSSR count). The molecule has 0 aliphatic rings. The highest BCUT2D eigenvalue weighted by atomic mass is 32.1. The highest BCUT2D eigenvalue weighted by Crippen LogP contribution is 2.27. The van der Waals surface area contributed by atoms with Crippen molar-refractivity contribution in [1.29, 1.82) is 0 Å². The Morgan fingerprint density at radius 1 is 1.29 bits per heavy atom. The average molecular weight is 343 g/mol. The molecule has 0 aliphatic heterocycles. The molecule has 0 spiro atoms. The molecule has 2 heterocycles. The summed E-state index contributed by atoms with van der Waals surface area (Å²) in [6, 6.07) is 9.35. The summed E-state index contributed by atoms with van der Waals surface area (Å²) in [4.78, 5) is 21.1. The second-order valence-corrected chi connectivity index (χ2v) is 6.17. The van der Waals surface area contributed by atoms with Crippen LogP contribution in [0.1, 0.15) is 15.9 Å². The lowest BCUT2D eigenvalue weighted by atomic mass is 10.2. The first-order valence-electron chi connectivity index (χ1n) is 7.42. The van der Waals surface area contributed by atoms with Crippen molar-refractivity contribution >= 4 is 32.6 Å². The van der Waals surface area contributed by atoms with E-state index < -0.39 is 0 Å². The summed E-state index contributed by atoms with van der Waals surface area (Å²) in [7, 11) is 1.59. The molecule has 0 fully saturated rings. The van der Waals surface area contributed by atoms with Crippen LogP contribution in [0, 0.1) is 6.92 Å². The van der Waals surface area contributed by atoms with Crippen LogP contribution < -0.4 is 10.1 Å².